The van der Waals surface area contributed by atoms with Crippen molar-refractivity contribution in [2.75, 3.05) is 7.11 Å². The van der Waals surface area contributed by atoms with Crippen LogP contribution < -0.4 is 9.47 Å². The first-order chi connectivity index (χ1) is 7.20. The highest BCUT2D eigenvalue weighted by molar-refractivity contribution is 5.88. The largest absolute Gasteiger partial charge is 0.494 e. The van der Waals surface area contributed by atoms with Gasteiger partial charge in [-0.15, -0.1) is 0 Å². The Hall–Kier alpha value is -1.78. The van der Waals surface area contributed by atoms with E-state index < -0.39 is 5.97 Å². The molecule has 1 aromatic heterocycles. The molecule has 1 aromatic rings. The lowest BCUT2D eigenvalue weighted by atomic mass is 10.3. The van der Waals surface area contributed by atoms with E-state index in [1.54, 1.807) is 6.07 Å². The third-order valence-corrected chi connectivity index (χ3v) is 2.08. The molecule has 0 spiro atoms. The molecular weight excluding hydrogens is 198 g/mol. The Kier molecular flexibility index (Phi) is 2.45. The zero-order valence-electron chi connectivity index (χ0n) is 8.27. The monoisotopic (exact) mass is 209 g/mol. The molecule has 0 radical (unpaired) electrons. The highest BCUT2D eigenvalue weighted by atomic mass is 16.5. The first-order valence-electron chi connectivity index (χ1n) is 4.64. The van der Waals surface area contributed by atoms with Gasteiger partial charge in [-0.25, -0.2) is 9.78 Å². The Morgan fingerprint density at radius 1 is 1.60 bits per heavy atom. The number of pyridine rings is 1. The number of ether oxygens (including phenoxy) is 2. The lowest BCUT2D eigenvalue weighted by Crippen LogP contribution is -2.05. The molecule has 5 nitrogen and oxygen atoms in total. The molecule has 0 bridgehead atoms. The molecule has 1 N–H and O–H groups in total. The van der Waals surface area contributed by atoms with E-state index in [-0.39, 0.29) is 17.5 Å². The van der Waals surface area contributed by atoms with Crippen LogP contribution in [0.2, 0.25) is 0 Å². The molecule has 1 heterocycles. The Bertz CT molecular complexity index is 387. The molecule has 5 heteroatoms. The van der Waals surface area contributed by atoms with Gasteiger partial charge in [0, 0.05) is 6.07 Å². The van der Waals surface area contributed by atoms with E-state index in [1.165, 1.54) is 13.3 Å². The molecule has 1 saturated carbocycles. The second kappa shape index (κ2) is 3.76. The summed E-state index contributed by atoms with van der Waals surface area (Å²) in [7, 11) is 1.41. The van der Waals surface area contributed by atoms with E-state index in [4.69, 9.17) is 14.6 Å². The van der Waals surface area contributed by atoms with E-state index >= 15 is 0 Å². The fraction of sp³-hybridized carbons (Fsp3) is 0.400. The smallest absolute Gasteiger partial charge is 0.358 e. The lowest BCUT2D eigenvalue weighted by molar-refractivity contribution is 0.0686. The highest BCUT2D eigenvalue weighted by Crippen LogP contribution is 2.29. The lowest BCUT2D eigenvalue weighted by Gasteiger charge is -2.07. The van der Waals surface area contributed by atoms with Crippen LogP contribution in [0.4, 0.5) is 0 Å². The molecule has 15 heavy (non-hydrogen) atoms. The maximum absolute atomic E-state index is 10.7. The van der Waals surface area contributed by atoms with Crippen molar-refractivity contribution in [2.24, 2.45) is 0 Å². The van der Waals surface area contributed by atoms with Crippen LogP contribution in [0, 0.1) is 0 Å². The van der Waals surface area contributed by atoms with Crippen molar-refractivity contribution in [3.05, 3.63) is 18.0 Å². The first kappa shape index (κ1) is 9.76. The van der Waals surface area contributed by atoms with Crippen molar-refractivity contribution in [2.45, 2.75) is 18.9 Å². The van der Waals surface area contributed by atoms with Gasteiger partial charge in [-0.1, -0.05) is 0 Å². The van der Waals surface area contributed by atoms with E-state index in [0.717, 1.165) is 12.8 Å². The number of carboxylic acids is 1. The summed E-state index contributed by atoms with van der Waals surface area (Å²) in [4.78, 5) is 14.5. The number of aromatic carboxylic acids is 1. The van der Waals surface area contributed by atoms with Crippen molar-refractivity contribution in [1.29, 1.82) is 0 Å². The summed E-state index contributed by atoms with van der Waals surface area (Å²) < 4.78 is 10.4. The quantitative estimate of drug-likeness (QED) is 0.810. The number of hydrogen-bond acceptors (Lipinski definition) is 4. The second-order valence-corrected chi connectivity index (χ2v) is 3.34. The molecule has 0 unspecified atom stereocenters. The van der Waals surface area contributed by atoms with Gasteiger partial charge in [0.15, 0.2) is 11.4 Å². The summed E-state index contributed by atoms with van der Waals surface area (Å²) in [5.74, 6) is -0.329. The molecule has 0 aliphatic heterocycles. The molecule has 80 valence electrons. The van der Waals surface area contributed by atoms with Crippen molar-refractivity contribution in [1.82, 2.24) is 4.98 Å². The van der Waals surface area contributed by atoms with Gasteiger partial charge in [0.05, 0.1) is 19.4 Å². The Labute approximate surface area is 86.7 Å². The molecule has 1 fully saturated rings. The summed E-state index contributed by atoms with van der Waals surface area (Å²) in [5, 5.41) is 8.80. The Morgan fingerprint density at radius 3 is 2.87 bits per heavy atom. The molecule has 0 saturated heterocycles. The van der Waals surface area contributed by atoms with E-state index in [1.807, 2.05) is 0 Å². The number of rotatable bonds is 4. The number of aromatic nitrogens is 1. The maximum Gasteiger partial charge on any atom is 0.358 e. The minimum atomic E-state index is -1.11. The second-order valence-electron chi connectivity index (χ2n) is 3.34. The van der Waals surface area contributed by atoms with Crippen LogP contribution in [0.3, 0.4) is 0 Å². The predicted molar refractivity (Wildman–Crippen MR) is 51.4 cm³/mol. The fourth-order valence-corrected chi connectivity index (χ4v) is 1.19. The third kappa shape index (κ3) is 2.18. The summed E-state index contributed by atoms with van der Waals surface area (Å²) in [6.07, 6.45) is 3.75. The number of carbonyl (C=O) groups is 1. The van der Waals surface area contributed by atoms with Gasteiger partial charge in [0.1, 0.15) is 5.75 Å². The summed E-state index contributed by atoms with van der Waals surface area (Å²) in [5.41, 5.74) is -0.0966. The maximum atomic E-state index is 10.7. The van der Waals surface area contributed by atoms with Crippen LogP contribution >= 0.6 is 0 Å². The van der Waals surface area contributed by atoms with Crippen molar-refractivity contribution in [3.63, 3.8) is 0 Å². The van der Waals surface area contributed by atoms with Crippen molar-refractivity contribution in [3.8, 4) is 11.5 Å². The van der Waals surface area contributed by atoms with Crippen LogP contribution in [0.5, 0.6) is 11.5 Å². The number of methoxy groups -OCH3 is 1. The van der Waals surface area contributed by atoms with Gasteiger partial charge in [-0.3, -0.25) is 0 Å². The van der Waals surface area contributed by atoms with Gasteiger partial charge in [-0.2, -0.15) is 0 Å². The van der Waals surface area contributed by atoms with Gasteiger partial charge >= 0.3 is 5.97 Å². The standard InChI is InChI=1S/C10H11NO4/c1-14-8-4-7(15-6-2-3-6)5-11-9(8)10(12)13/h4-6H,2-3H2,1H3,(H,12,13). The van der Waals surface area contributed by atoms with E-state index in [2.05, 4.69) is 4.98 Å². The number of hydrogen-bond donors (Lipinski definition) is 1. The van der Waals surface area contributed by atoms with Gasteiger partial charge in [0.25, 0.3) is 0 Å². The summed E-state index contributed by atoms with van der Waals surface area (Å²) >= 11 is 0. The minimum absolute atomic E-state index is 0.0966. The minimum Gasteiger partial charge on any atom is -0.494 e. The Morgan fingerprint density at radius 2 is 2.33 bits per heavy atom. The Balaban J connectivity index is 2.24. The number of nitrogens with zero attached hydrogens (tertiary/aromatic N) is 1. The van der Waals surface area contributed by atoms with E-state index in [9.17, 15) is 4.79 Å². The van der Waals surface area contributed by atoms with Crippen LogP contribution in [-0.2, 0) is 0 Å². The van der Waals surface area contributed by atoms with E-state index in [0.29, 0.717) is 5.75 Å². The zero-order chi connectivity index (χ0) is 10.8. The van der Waals surface area contributed by atoms with Gasteiger partial charge in [0.2, 0.25) is 0 Å². The average molecular weight is 209 g/mol. The molecular formula is C10H11NO4. The summed E-state index contributed by atoms with van der Waals surface area (Å²) in [6, 6.07) is 1.55. The predicted octanol–water partition coefficient (Wildman–Crippen LogP) is 1.33. The average Bonchev–Trinajstić information content (AvgIpc) is 3.01. The van der Waals surface area contributed by atoms with Crippen molar-refractivity contribution < 1.29 is 19.4 Å². The van der Waals surface area contributed by atoms with Crippen molar-refractivity contribution >= 4 is 5.97 Å². The molecule has 0 aromatic carbocycles. The summed E-state index contributed by atoms with van der Waals surface area (Å²) in [6.45, 7) is 0. The number of carboxylic acid groups (broad SMARTS) is 1. The van der Waals surface area contributed by atoms with Crippen LogP contribution in [-0.4, -0.2) is 29.3 Å². The van der Waals surface area contributed by atoms with Crippen LogP contribution in [0.25, 0.3) is 0 Å². The third-order valence-electron chi connectivity index (χ3n) is 2.08. The topological polar surface area (TPSA) is 68.7 Å². The molecule has 1 aliphatic carbocycles. The fourth-order valence-electron chi connectivity index (χ4n) is 1.19. The zero-order valence-corrected chi connectivity index (χ0v) is 8.27. The molecule has 0 amide bonds. The van der Waals surface area contributed by atoms with Crippen LogP contribution in [0.1, 0.15) is 23.3 Å². The molecule has 0 atom stereocenters. The van der Waals surface area contributed by atoms with Gasteiger partial charge < -0.3 is 14.6 Å². The highest BCUT2D eigenvalue weighted by Gasteiger charge is 2.24. The normalized spacial score (nSPS) is 14.7. The first-order valence-corrected chi connectivity index (χ1v) is 4.64. The molecule has 2 rings (SSSR count). The van der Waals surface area contributed by atoms with Gasteiger partial charge in [-0.05, 0) is 12.8 Å². The SMILES string of the molecule is COc1cc(OC2CC2)cnc1C(=O)O. The van der Waals surface area contributed by atoms with Crippen LogP contribution in [0.15, 0.2) is 12.3 Å². The molecule has 1 aliphatic rings.